The summed E-state index contributed by atoms with van der Waals surface area (Å²) < 4.78 is 35.6. The number of nitrogens with two attached hydrogens (primary N) is 2. The van der Waals surface area contributed by atoms with Crippen LogP contribution in [0.4, 0.5) is 54.3 Å². The zero-order valence-corrected chi connectivity index (χ0v) is 52.8. The van der Waals surface area contributed by atoms with Crippen LogP contribution < -0.4 is 21.3 Å². The molecule has 0 aromatic heterocycles. The van der Waals surface area contributed by atoms with Gasteiger partial charge in [-0.1, -0.05) is 213 Å². The predicted octanol–water partition coefficient (Wildman–Crippen LogP) is 24.2. The lowest BCUT2D eigenvalue weighted by Gasteiger charge is -2.27. The highest BCUT2D eigenvalue weighted by Crippen LogP contribution is 2.44. The van der Waals surface area contributed by atoms with Crippen molar-refractivity contribution in [2.45, 2.75) is 118 Å². The first-order valence-corrected chi connectivity index (χ1v) is 32.7. The minimum absolute atomic E-state index is 0.311. The standard InChI is InChI=1S/C84H84F2N4/c1-5-9-11-13-17-69-55-82(80-54-52-78(58-84(80)86)90(76-49-37-68(38-50-76)64-29-41-72(88)42-30-64)74-45-33-66(34-46-74)62-25-21-60(16-8-4)22-26-62)70(18-14-12-10-6-2)56-81(69)79-53-51-77(57-83(79)85)89(75-47-35-67(36-48-75)63-27-39-71(87)40-28-63)73-43-31-65(32-44-73)61-23-19-59(15-7-3)20-24-61/h19-58H,5-18,87-88H2,1-4H3. The van der Waals surface area contributed by atoms with E-state index < -0.39 is 0 Å². The summed E-state index contributed by atoms with van der Waals surface area (Å²) in [5, 5.41) is 0. The Kier molecular flexibility index (Phi) is 20.5. The van der Waals surface area contributed by atoms with Gasteiger partial charge >= 0.3 is 0 Å². The van der Waals surface area contributed by atoms with Gasteiger partial charge in [0.15, 0.2) is 0 Å². The van der Waals surface area contributed by atoms with Gasteiger partial charge in [0, 0.05) is 56.6 Å². The monoisotopic (exact) mass is 1190 g/mol. The first-order chi connectivity index (χ1) is 44.1. The van der Waals surface area contributed by atoms with Gasteiger partial charge in [0.25, 0.3) is 0 Å². The van der Waals surface area contributed by atoms with Crippen LogP contribution in [-0.2, 0) is 25.7 Å². The largest absolute Gasteiger partial charge is 0.399 e. The normalized spacial score (nSPS) is 11.3. The Hall–Kier alpha value is -9.52. The topological polar surface area (TPSA) is 58.5 Å². The minimum Gasteiger partial charge on any atom is -0.399 e. The first kappa shape index (κ1) is 62.1. The summed E-state index contributed by atoms with van der Waals surface area (Å²) in [6, 6.07) is 83.2. The molecule has 0 heterocycles. The Morgan fingerprint density at radius 2 is 0.522 bits per heavy atom. The van der Waals surface area contributed by atoms with Crippen LogP contribution >= 0.6 is 0 Å². The molecule has 0 spiro atoms. The van der Waals surface area contributed by atoms with E-state index in [0.717, 1.165) is 179 Å². The number of anilines is 8. The third-order valence-corrected chi connectivity index (χ3v) is 17.6. The minimum atomic E-state index is -0.311. The number of nitrogens with zero attached hydrogens (tertiary/aromatic N) is 2. The van der Waals surface area contributed by atoms with E-state index in [-0.39, 0.29) is 11.6 Å². The molecule has 4 nitrogen and oxygen atoms in total. The summed E-state index contributed by atoms with van der Waals surface area (Å²) in [6.07, 6.45) is 14.2. The van der Waals surface area contributed by atoms with Gasteiger partial charge in [-0.15, -0.1) is 0 Å². The van der Waals surface area contributed by atoms with E-state index in [1.165, 1.54) is 11.1 Å². The van der Waals surface area contributed by atoms with Crippen LogP contribution in [0, 0.1) is 11.6 Å². The van der Waals surface area contributed by atoms with E-state index in [9.17, 15) is 0 Å². The Balaban J connectivity index is 0.976. The summed E-state index contributed by atoms with van der Waals surface area (Å²) in [5.74, 6) is -0.622. The number of hydrogen-bond acceptors (Lipinski definition) is 4. The maximum atomic E-state index is 17.8. The lowest BCUT2D eigenvalue weighted by atomic mass is 9.86. The summed E-state index contributed by atoms with van der Waals surface area (Å²) in [6.45, 7) is 8.85. The number of hydrogen-bond donors (Lipinski definition) is 2. The fourth-order valence-electron chi connectivity index (χ4n) is 12.6. The molecule has 4 N–H and O–H groups in total. The summed E-state index contributed by atoms with van der Waals surface area (Å²) in [7, 11) is 0. The zero-order chi connectivity index (χ0) is 62.3. The van der Waals surface area contributed by atoms with E-state index in [0.29, 0.717) is 33.9 Å². The molecule has 11 aromatic carbocycles. The van der Waals surface area contributed by atoms with Crippen LogP contribution in [-0.4, -0.2) is 0 Å². The van der Waals surface area contributed by atoms with Crippen LogP contribution in [0.2, 0.25) is 0 Å². The van der Waals surface area contributed by atoms with Crippen molar-refractivity contribution in [1.82, 2.24) is 0 Å². The highest BCUT2D eigenvalue weighted by atomic mass is 19.1. The van der Waals surface area contributed by atoms with Crippen molar-refractivity contribution in [1.29, 1.82) is 0 Å². The van der Waals surface area contributed by atoms with Gasteiger partial charge in [-0.25, -0.2) is 8.78 Å². The maximum Gasteiger partial charge on any atom is 0.133 e. The molecule has 90 heavy (non-hydrogen) atoms. The molecule has 0 radical (unpaired) electrons. The molecule has 0 saturated carbocycles. The highest BCUT2D eigenvalue weighted by Gasteiger charge is 2.23. The van der Waals surface area contributed by atoms with Gasteiger partial charge in [0.1, 0.15) is 11.6 Å². The number of rotatable bonds is 26. The fraction of sp³-hybridized carbons (Fsp3) is 0.214. The maximum absolute atomic E-state index is 17.8. The van der Waals surface area contributed by atoms with E-state index in [2.05, 4.69) is 207 Å². The van der Waals surface area contributed by atoms with Gasteiger partial charge in [-0.3, -0.25) is 0 Å². The van der Waals surface area contributed by atoms with Gasteiger partial charge in [-0.05, 0) is 226 Å². The summed E-state index contributed by atoms with van der Waals surface area (Å²) in [4.78, 5) is 4.27. The van der Waals surface area contributed by atoms with Gasteiger partial charge in [-0.2, -0.15) is 0 Å². The molecule has 0 aliphatic rings. The molecule has 0 atom stereocenters. The van der Waals surface area contributed by atoms with Gasteiger partial charge in [0.2, 0.25) is 0 Å². The van der Waals surface area contributed by atoms with Crippen molar-refractivity contribution in [3.8, 4) is 66.8 Å². The van der Waals surface area contributed by atoms with Crippen LogP contribution in [0.3, 0.4) is 0 Å². The smallest absolute Gasteiger partial charge is 0.133 e. The number of nitrogen functional groups attached to an aromatic ring is 2. The molecular formula is C84H84F2N4. The lowest BCUT2D eigenvalue weighted by molar-refractivity contribution is 0.629. The van der Waals surface area contributed by atoms with E-state index in [1.54, 1.807) is 12.1 Å². The van der Waals surface area contributed by atoms with E-state index >= 15 is 8.78 Å². The lowest BCUT2D eigenvalue weighted by Crippen LogP contribution is -2.11. The SMILES string of the molecule is CCCCCCc1cc(-c2ccc(N(c3ccc(-c4ccc(N)cc4)cc3)c3ccc(-c4ccc(CCC)cc4)cc3)cc2F)c(CCCCCC)cc1-c1ccc(N(c2ccc(-c3ccc(N)cc3)cc2)c2ccc(-c3ccc(CCC)cc3)cc2)cc1F. The number of aryl methyl sites for hydroxylation is 4. The number of benzene rings is 11. The van der Waals surface area contributed by atoms with Crippen molar-refractivity contribution >= 4 is 45.5 Å². The molecule has 11 rings (SSSR count). The second-order valence-electron chi connectivity index (χ2n) is 24.1. The van der Waals surface area contributed by atoms with Crippen molar-refractivity contribution in [3.05, 3.63) is 277 Å². The molecule has 6 heteroatoms. The number of unbranched alkanes of at least 4 members (excludes halogenated alkanes) is 6. The van der Waals surface area contributed by atoms with Crippen LogP contribution in [0.1, 0.15) is 114 Å². The summed E-state index contributed by atoms with van der Waals surface area (Å²) >= 11 is 0. The molecule has 0 unspecified atom stereocenters. The van der Waals surface area contributed by atoms with Crippen LogP contribution in [0.15, 0.2) is 243 Å². The van der Waals surface area contributed by atoms with Crippen molar-refractivity contribution < 1.29 is 8.78 Å². The molecule has 0 amide bonds. The van der Waals surface area contributed by atoms with Crippen molar-refractivity contribution in [2.24, 2.45) is 0 Å². The van der Waals surface area contributed by atoms with Gasteiger partial charge in [0.05, 0.1) is 0 Å². The third-order valence-electron chi connectivity index (χ3n) is 17.6. The Morgan fingerprint density at radius 1 is 0.256 bits per heavy atom. The molecule has 0 fully saturated rings. The van der Waals surface area contributed by atoms with Crippen LogP contribution in [0.5, 0.6) is 0 Å². The Morgan fingerprint density at radius 3 is 0.789 bits per heavy atom. The van der Waals surface area contributed by atoms with E-state index in [4.69, 9.17) is 11.5 Å². The Bertz CT molecular complexity index is 3830. The highest BCUT2D eigenvalue weighted by molar-refractivity contribution is 5.86. The van der Waals surface area contributed by atoms with Crippen molar-refractivity contribution in [2.75, 3.05) is 21.3 Å². The molecule has 0 aliphatic carbocycles. The molecule has 0 aliphatic heterocycles. The molecule has 454 valence electrons. The zero-order valence-electron chi connectivity index (χ0n) is 52.8. The molecule has 0 bridgehead atoms. The van der Waals surface area contributed by atoms with Crippen molar-refractivity contribution in [3.63, 3.8) is 0 Å². The third kappa shape index (κ3) is 14.8. The summed E-state index contributed by atoms with van der Waals surface area (Å²) in [5.41, 5.74) is 34.9. The second-order valence-corrected chi connectivity index (χ2v) is 24.1. The second kappa shape index (κ2) is 29.7. The quantitative estimate of drug-likeness (QED) is 0.0419. The molecular weight excluding hydrogens is 1100 g/mol. The van der Waals surface area contributed by atoms with E-state index in [1.807, 2.05) is 60.7 Å². The van der Waals surface area contributed by atoms with Crippen LogP contribution in [0.25, 0.3) is 66.8 Å². The average Bonchev–Trinajstić information content (AvgIpc) is 0.856. The molecule has 11 aromatic rings. The fourth-order valence-corrected chi connectivity index (χ4v) is 12.6. The Labute approximate surface area is 533 Å². The van der Waals surface area contributed by atoms with Gasteiger partial charge < -0.3 is 21.3 Å². The molecule has 0 saturated heterocycles. The average molecular weight is 1190 g/mol. The first-order valence-electron chi connectivity index (χ1n) is 32.7. The predicted molar refractivity (Wildman–Crippen MR) is 381 cm³/mol. The number of halogens is 2.